The van der Waals surface area contributed by atoms with Gasteiger partial charge in [0, 0.05) is 58.0 Å². The average Bonchev–Trinajstić information content (AvgIpc) is 2.92. The molecule has 1 fully saturated rings. The Kier molecular flexibility index (Phi) is 5.47. The third kappa shape index (κ3) is 4.33. The number of amides is 2. The zero-order chi connectivity index (χ0) is 16.9. The number of imidazole rings is 1. The number of fused-ring (bicyclic) bond motifs is 1. The van der Waals surface area contributed by atoms with Crippen LogP contribution in [0.15, 0.2) is 12.4 Å². The van der Waals surface area contributed by atoms with E-state index in [0.717, 1.165) is 45.2 Å². The van der Waals surface area contributed by atoms with Crippen molar-refractivity contribution in [3.05, 3.63) is 18.2 Å². The molecule has 0 unspecified atom stereocenters. The lowest BCUT2D eigenvalue weighted by Gasteiger charge is -2.31. The Balaban J connectivity index is 1.67. The van der Waals surface area contributed by atoms with Crippen molar-refractivity contribution in [3.8, 4) is 0 Å². The molecule has 0 aliphatic carbocycles. The highest BCUT2D eigenvalue weighted by molar-refractivity contribution is 5.83. The van der Waals surface area contributed by atoms with Gasteiger partial charge in [-0.3, -0.25) is 14.5 Å². The maximum atomic E-state index is 12.5. The van der Waals surface area contributed by atoms with Gasteiger partial charge in [0.25, 0.3) is 0 Å². The minimum Gasteiger partial charge on any atom is -0.379 e. The van der Waals surface area contributed by atoms with Gasteiger partial charge in [0.2, 0.25) is 11.8 Å². The van der Waals surface area contributed by atoms with E-state index in [4.69, 9.17) is 4.74 Å². The van der Waals surface area contributed by atoms with Crippen molar-refractivity contribution in [1.29, 1.82) is 0 Å². The molecule has 0 radical (unpaired) electrons. The van der Waals surface area contributed by atoms with Gasteiger partial charge in [0.15, 0.2) is 0 Å². The quantitative estimate of drug-likeness (QED) is 0.788. The summed E-state index contributed by atoms with van der Waals surface area (Å²) in [6.07, 6.45) is 3.76. The van der Waals surface area contributed by atoms with Crippen molar-refractivity contribution in [2.24, 2.45) is 5.92 Å². The number of nitrogens with one attached hydrogen (secondary N) is 1. The fourth-order valence-corrected chi connectivity index (χ4v) is 3.31. The fourth-order valence-electron chi connectivity index (χ4n) is 3.31. The highest BCUT2D eigenvalue weighted by Crippen LogP contribution is 2.17. The number of rotatable bonds is 4. The van der Waals surface area contributed by atoms with Crippen molar-refractivity contribution in [2.45, 2.75) is 20.0 Å². The van der Waals surface area contributed by atoms with Gasteiger partial charge in [-0.25, -0.2) is 4.98 Å². The molecule has 1 N–H and O–H groups in total. The van der Waals surface area contributed by atoms with Gasteiger partial charge in [-0.15, -0.1) is 0 Å². The Labute approximate surface area is 141 Å². The smallest absolute Gasteiger partial charge is 0.242 e. The first-order chi connectivity index (χ1) is 11.6. The van der Waals surface area contributed by atoms with Crippen LogP contribution in [0.4, 0.5) is 0 Å². The van der Waals surface area contributed by atoms with E-state index in [1.54, 1.807) is 6.20 Å². The monoisotopic (exact) mass is 335 g/mol. The van der Waals surface area contributed by atoms with E-state index in [-0.39, 0.29) is 18.4 Å². The van der Waals surface area contributed by atoms with Crippen molar-refractivity contribution < 1.29 is 14.3 Å². The number of morpholine rings is 1. The predicted molar refractivity (Wildman–Crippen MR) is 87.1 cm³/mol. The third-order valence-corrected chi connectivity index (χ3v) is 4.53. The maximum Gasteiger partial charge on any atom is 0.242 e. The molecule has 0 bridgehead atoms. The molecule has 132 valence electrons. The van der Waals surface area contributed by atoms with Crippen molar-refractivity contribution in [2.75, 3.05) is 45.9 Å². The maximum absolute atomic E-state index is 12.5. The van der Waals surface area contributed by atoms with Crippen LogP contribution in [0.25, 0.3) is 0 Å². The summed E-state index contributed by atoms with van der Waals surface area (Å²) in [6, 6.07) is 0. The van der Waals surface area contributed by atoms with Crippen LogP contribution in [-0.4, -0.2) is 77.1 Å². The third-order valence-electron chi connectivity index (χ3n) is 4.53. The molecule has 2 amide bonds. The molecule has 2 aliphatic rings. The average molecular weight is 335 g/mol. The van der Waals surface area contributed by atoms with E-state index in [1.807, 2.05) is 11.1 Å². The Morgan fingerprint density at radius 2 is 2.12 bits per heavy atom. The summed E-state index contributed by atoms with van der Waals surface area (Å²) >= 11 is 0. The Morgan fingerprint density at radius 1 is 1.33 bits per heavy atom. The summed E-state index contributed by atoms with van der Waals surface area (Å²) in [5.41, 5.74) is 0. The molecule has 0 aromatic carbocycles. The molecule has 0 spiro atoms. The van der Waals surface area contributed by atoms with E-state index < -0.39 is 0 Å². The highest BCUT2D eigenvalue weighted by Gasteiger charge is 2.27. The summed E-state index contributed by atoms with van der Waals surface area (Å²) in [5, 5.41) is 2.59. The molecule has 8 nitrogen and oxygen atoms in total. The Hall–Kier alpha value is -1.93. The predicted octanol–water partition coefficient (Wildman–Crippen LogP) is -0.690. The molecule has 24 heavy (non-hydrogen) atoms. The topological polar surface area (TPSA) is 79.7 Å². The van der Waals surface area contributed by atoms with Gasteiger partial charge in [-0.05, 0) is 0 Å². The first kappa shape index (κ1) is 16.9. The van der Waals surface area contributed by atoms with Gasteiger partial charge in [0.05, 0.1) is 26.3 Å². The largest absolute Gasteiger partial charge is 0.379 e. The van der Waals surface area contributed by atoms with E-state index in [2.05, 4.69) is 19.8 Å². The van der Waals surface area contributed by atoms with Gasteiger partial charge in [-0.2, -0.15) is 0 Å². The van der Waals surface area contributed by atoms with Crippen LogP contribution in [0.2, 0.25) is 0 Å². The van der Waals surface area contributed by atoms with E-state index in [9.17, 15) is 9.59 Å². The number of aromatic nitrogens is 2. The van der Waals surface area contributed by atoms with Crippen LogP contribution in [-0.2, 0) is 27.4 Å². The molecule has 1 saturated heterocycles. The van der Waals surface area contributed by atoms with Crippen molar-refractivity contribution >= 4 is 11.8 Å². The van der Waals surface area contributed by atoms with Crippen LogP contribution in [0.1, 0.15) is 12.7 Å². The SMILES string of the molecule is CC(=O)NCC(=O)N1Cc2nccn2C[C@H](CN2CCOCC2)C1. The number of nitrogens with zero attached hydrogens (tertiary/aromatic N) is 4. The van der Waals surface area contributed by atoms with Crippen LogP contribution in [0.3, 0.4) is 0 Å². The van der Waals surface area contributed by atoms with Crippen LogP contribution in [0, 0.1) is 5.92 Å². The molecule has 3 heterocycles. The number of hydrogen-bond acceptors (Lipinski definition) is 5. The number of ether oxygens (including phenoxy) is 1. The van der Waals surface area contributed by atoms with Gasteiger partial charge >= 0.3 is 0 Å². The van der Waals surface area contributed by atoms with Crippen molar-refractivity contribution in [1.82, 2.24) is 24.7 Å². The summed E-state index contributed by atoms with van der Waals surface area (Å²) in [4.78, 5) is 32.1. The lowest BCUT2D eigenvalue weighted by atomic mass is 10.1. The zero-order valence-corrected chi connectivity index (χ0v) is 14.1. The van der Waals surface area contributed by atoms with Crippen LogP contribution >= 0.6 is 0 Å². The Bertz CT molecular complexity index is 582. The lowest BCUT2D eigenvalue weighted by molar-refractivity contribution is -0.133. The molecular weight excluding hydrogens is 310 g/mol. The Morgan fingerprint density at radius 3 is 2.88 bits per heavy atom. The molecule has 0 saturated carbocycles. The molecule has 1 aromatic rings. The first-order valence-corrected chi connectivity index (χ1v) is 8.44. The minimum absolute atomic E-state index is 0.0420. The van der Waals surface area contributed by atoms with Crippen molar-refractivity contribution in [3.63, 3.8) is 0 Å². The summed E-state index contributed by atoms with van der Waals surface area (Å²) in [7, 11) is 0. The van der Waals surface area contributed by atoms with Gasteiger partial charge in [0.1, 0.15) is 5.82 Å². The molecule has 1 aromatic heterocycles. The van der Waals surface area contributed by atoms with Crippen LogP contribution in [0.5, 0.6) is 0 Å². The molecular formula is C16H25N5O3. The number of carbonyl (C=O) groups is 2. The van der Waals surface area contributed by atoms with E-state index in [1.165, 1.54) is 6.92 Å². The fraction of sp³-hybridized carbons (Fsp3) is 0.688. The standard InChI is InChI=1S/C16H25N5O3/c1-13(22)18-8-16(23)21-11-14(9-19-4-6-24-7-5-19)10-20-3-2-17-15(20)12-21/h2-3,14H,4-12H2,1H3,(H,18,22)/t14-/m0/s1. The normalized spacial score (nSPS) is 21.9. The summed E-state index contributed by atoms with van der Waals surface area (Å²) < 4.78 is 7.55. The molecule has 3 rings (SSSR count). The second-order valence-corrected chi connectivity index (χ2v) is 6.46. The minimum atomic E-state index is -0.190. The van der Waals surface area contributed by atoms with E-state index >= 15 is 0 Å². The second kappa shape index (κ2) is 7.76. The van der Waals surface area contributed by atoms with Gasteiger partial charge < -0.3 is 19.5 Å². The first-order valence-electron chi connectivity index (χ1n) is 8.44. The second-order valence-electron chi connectivity index (χ2n) is 6.46. The molecule has 2 aliphatic heterocycles. The zero-order valence-electron chi connectivity index (χ0n) is 14.1. The van der Waals surface area contributed by atoms with Crippen LogP contribution < -0.4 is 5.32 Å². The number of hydrogen-bond donors (Lipinski definition) is 1. The molecule has 1 atom stereocenters. The molecule has 8 heteroatoms. The summed E-state index contributed by atoms with van der Waals surface area (Å²) in [5.74, 6) is 0.980. The van der Waals surface area contributed by atoms with E-state index in [0.29, 0.717) is 19.0 Å². The number of carbonyl (C=O) groups excluding carboxylic acids is 2. The summed E-state index contributed by atoms with van der Waals surface area (Å²) in [6.45, 7) is 7.85. The highest BCUT2D eigenvalue weighted by atomic mass is 16.5. The van der Waals surface area contributed by atoms with Gasteiger partial charge in [-0.1, -0.05) is 0 Å². The lowest BCUT2D eigenvalue weighted by Crippen LogP contribution is -2.45.